The van der Waals surface area contributed by atoms with Crippen LogP contribution in [-0.4, -0.2) is 18.5 Å². The maximum Gasteiger partial charge on any atom is 0.147 e. The molecule has 0 radical (unpaired) electrons. The highest BCUT2D eigenvalue weighted by molar-refractivity contribution is 5.81. The monoisotopic (exact) mass is 180 g/mol. The zero-order valence-corrected chi connectivity index (χ0v) is 8.35. The number of ether oxygens (including phenoxy) is 1. The molecule has 1 aliphatic carbocycles. The molecule has 1 rings (SSSR count). The highest BCUT2D eigenvalue weighted by Crippen LogP contribution is 2.38. The third kappa shape index (κ3) is 2.57. The van der Waals surface area contributed by atoms with Crippen molar-refractivity contribution in [2.45, 2.75) is 44.6 Å². The summed E-state index contributed by atoms with van der Waals surface area (Å²) in [5.41, 5.74) is -0.132. The number of hydrogen-bond acceptors (Lipinski definition) is 2. The first-order valence-corrected chi connectivity index (χ1v) is 4.69. The first-order chi connectivity index (χ1) is 6.22. The average Bonchev–Trinajstić information content (AvgIpc) is 2.08. The van der Waals surface area contributed by atoms with Crippen molar-refractivity contribution in [1.82, 2.24) is 0 Å². The molecule has 13 heavy (non-hydrogen) atoms. The maximum atomic E-state index is 11.4. The molecule has 0 N–H and O–H groups in total. The van der Waals surface area contributed by atoms with Crippen molar-refractivity contribution in [2.75, 3.05) is 7.11 Å². The smallest absolute Gasteiger partial charge is 0.147 e. The van der Waals surface area contributed by atoms with Crippen LogP contribution in [-0.2, 0) is 9.53 Å². The van der Waals surface area contributed by atoms with Crippen LogP contribution in [0, 0.1) is 11.8 Å². The average molecular weight is 180 g/mol. The van der Waals surface area contributed by atoms with Gasteiger partial charge in [-0.05, 0) is 26.2 Å². The summed E-state index contributed by atoms with van der Waals surface area (Å²) >= 11 is 0. The fraction of sp³-hybridized carbons (Fsp3) is 0.727. The van der Waals surface area contributed by atoms with E-state index in [2.05, 4.69) is 11.8 Å². The second kappa shape index (κ2) is 4.43. The molecule has 0 heterocycles. The Morgan fingerprint density at radius 1 is 1.54 bits per heavy atom. The lowest BCUT2D eigenvalue weighted by atomic mass is 9.76. The van der Waals surface area contributed by atoms with Crippen molar-refractivity contribution in [2.24, 2.45) is 0 Å². The van der Waals surface area contributed by atoms with Crippen molar-refractivity contribution in [1.29, 1.82) is 0 Å². The standard InChI is InChI=1S/C11H16O2/c1-3-4-6-10(12)9-11(13-2)7-5-8-11/h5-9H2,1-2H3. The van der Waals surface area contributed by atoms with Gasteiger partial charge in [-0.15, -0.1) is 5.92 Å². The molecule has 0 atom stereocenters. The van der Waals surface area contributed by atoms with E-state index in [1.54, 1.807) is 14.0 Å². The molecule has 0 bridgehead atoms. The predicted octanol–water partition coefficient (Wildman–Crippen LogP) is 1.93. The number of carbonyl (C=O) groups is 1. The molecule has 72 valence electrons. The van der Waals surface area contributed by atoms with Gasteiger partial charge in [-0.1, -0.05) is 5.92 Å². The number of ketones is 1. The third-order valence-electron chi connectivity index (χ3n) is 2.68. The summed E-state index contributed by atoms with van der Waals surface area (Å²) in [6.07, 6.45) is 4.14. The maximum absolute atomic E-state index is 11.4. The van der Waals surface area contributed by atoms with Gasteiger partial charge in [0.2, 0.25) is 0 Å². The van der Waals surface area contributed by atoms with Gasteiger partial charge in [-0.3, -0.25) is 4.79 Å². The minimum absolute atomic E-state index is 0.132. The van der Waals surface area contributed by atoms with Crippen molar-refractivity contribution >= 4 is 5.78 Å². The van der Waals surface area contributed by atoms with Gasteiger partial charge < -0.3 is 4.74 Å². The lowest BCUT2D eigenvalue weighted by Gasteiger charge is -2.39. The Morgan fingerprint density at radius 2 is 2.23 bits per heavy atom. The number of carbonyl (C=O) groups excluding carboxylic acids is 1. The van der Waals surface area contributed by atoms with Crippen LogP contribution in [0.2, 0.25) is 0 Å². The second-order valence-electron chi connectivity index (χ2n) is 3.56. The molecule has 2 nitrogen and oxygen atoms in total. The molecule has 0 aromatic heterocycles. The van der Waals surface area contributed by atoms with E-state index in [9.17, 15) is 4.79 Å². The van der Waals surface area contributed by atoms with E-state index in [0.717, 1.165) is 12.8 Å². The first-order valence-electron chi connectivity index (χ1n) is 4.69. The van der Waals surface area contributed by atoms with Gasteiger partial charge in [0.1, 0.15) is 5.78 Å². The van der Waals surface area contributed by atoms with E-state index in [-0.39, 0.29) is 11.4 Å². The van der Waals surface area contributed by atoms with E-state index >= 15 is 0 Å². The summed E-state index contributed by atoms with van der Waals surface area (Å²) in [6, 6.07) is 0. The zero-order valence-electron chi connectivity index (χ0n) is 8.35. The summed E-state index contributed by atoms with van der Waals surface area (Å²) in [5.74, 6) is 5.72. The molecular weight excluding hydrogens is 164 g/mol. The van der Waals surface area contributed by atoms with Crippen LogP contribution in [0.1, 0.15) is 39.0 Å². The van der Waals surface area contributed by atoms with Gasteiger partial charge >= 0.3 is 0 Å². The van der Waals surface area contributed by atoms with E-state index in [1.807, 2.05) is 0 Å². The number of Topliss-reactive ketones (excluding diaryl/α,β-unsaturated/α-hetero) is 1. The molecule has 1 saturated carbocycles. The highest BCUT2D eigenvalue weighted by atomic mass is 16.5. The van der Waals surface area contributed by atoms with E-state index < -0.39 is 0 Å². The Bertz CT molecular complexity index is 235. The van der Waals surface area contributed by atoms with Crippen LogP contribution in [0.4, 0.5) is 0 Å². The van der Waals surface area contributed by atoms with Crippen molar-refractivity contribution in [3.8, 4) is 11.8 Å². The summed E-state index contributed by atoms with van der Waals surface area (Å²) < 4.78 is 5.36. The third-order valence-corrected chi connectivity index (χ3v) is 2.68. The minimum Gasteiger partial charge on any atom is -0.378 e. The zero-order chi connectivity index (χ0) is 9.73. The summed E-state index contributed by atoms with van der Waals surface area (Å²) in [6.45, 7) is 1.75. The number of rotatable bonds is 4. The largest absolute Gasteiger partial charge is 0.378 e. The van der Waals surface area contributed by atoms with Crippen LogP contribution < -0.4 is 0 Å². The topological polar surface area (TPSA) is 26.3 Å². The molecule has 0 unspecified atom stereocenters. The summed E-state index contributed by atoms with van der Waals surface area (Å²) in [5, 5.41) is 0. The molecule has 0 aromatic carbocycles. The first kappa shape index (κ1) is 10.3. The van der Waals surface area contributed by atoms with Crippen molar-refractivity contribution < 1.29 is 9.53 Å². The van der Waals surface area contributed by atoms with Crippen LogP contribution in [0.15, 0.2) is 0 Å². The van der Waals surface area contributed by atoms with Crippen molar-refractivity contribution in [3.63, 3.8) is 0 Å². The Kier molecular flexibility index (Phi) is 3.50. The quantitative estimate of drug-likeness (QED) is 0.618. The Labute approximate surface area is 79.7 Å². The van der Waals surface area contributed by atoms with Crippen molar-refractivity contribution in [3.05, 3.63) is 0 Å². The molecule has 0 aromatic rings. The lowest BCUT2D eigenvalue weighted by molar-refractivity contribution is -0.131. The normalized spacial score (nSPS) is 18.3. The summed E-state index contributed by atoms with van der Waals surface area (Å²) in [4.78, 5) is 11.4. The predicted molar refractivity (Wildman–Crippen MR) is 51.3 cm³/mol. The Morgan fingerprint density at radius 3 is 2.62 bits per heavy atom. The van der Waals surface area contributed by atoms with E-state index in [0.29, 0.717) is 12.8 Å². The van der Waals surface area contributed by atoms with Gasteiger partial charge in [-0.25, -0.2) is 0 Å². The van der Waals surface area contributed by atoms with Crippen LogP contribution in [0.25, 0.3) is 0 Å². The molecule has 2 heteroatoms. The van der Waals surface area contributed by atoms with Gasteiger partial charge in [0, 0.05) is 13.5 Å². The van der Waals surface area contributed by atoms with Gasteiger partial charge in [0.15, 0.2) is 0 Å². The summed E-state index contributed by atoms with van der Waals surface area (Å²) in [7, 11) is 1.69. The second-order valence-corrected chi connectivity index (χ2v) is 3.56. The minimum atomic E-state index is -0.132. The number of hydrogen-bond donors (Lipinski definition) is 0. The lowest BCUT2D eigenvalue weighted by Crippen LogP contribution is -2.41. The highest BCUT2D eigenvalue weighted by Gasteiger charge is 2.38. The molecule has 1 fully saturated rings. The SMILES string of the molecule is CC#CCC(=O)CC1(OC)CCC1. The molecule has 0 aliphatic heterocycles. The Hall–Kier alpha value is -0.810. The molecule has 0 amide bonds. The van der Waals surface area contributed by atoms with Gasteiger partial charge in [-0.2, -0.15) is 0 Å². The van der Waals surface area contributed by atoms with Gasteiger partial charge in [0.25, 0.3) is 0 Å². The molecular formula is C11H16O2. The number of methoxy groups -OCH3 is 1. The fourth-order valence-corrected chi connectivity index (χ4v) is 1.63. The van der Waals surface area contributed by atoms with E-state index in [4.69, 9.17) is 4.74 Å². The fourth-order valence-electron chi connectivity index (χ4n) is 1.63. The van der Waals surface area contributed by atoms with Gasteiger partial charge in [0.05, 0.1) is 12.0 Å². The van der Waals surface area contributed by atoms with E-state index in [1.165, 1.54) is 6.42 Å². The van der Waals surface area contributed by atoms with Crippen LogP contribution in [0.3, 0.4) is 0 Å². The van der Waals surface area contributed by atoms with Crippen LogP contribution in [0.5, 0.6) is 0 Å². The Balaban J connectivity index is 2.36. The van der Waals surface area contributed by atoms with Crippen LogP contribution >= 0.6 is 0 Å². The molecule has 0 spiro atoms. The molecule has 0 saturated heterocycles. The molecule has 1 aliphatic rings.